The molecule has 2 saturated carbocycles. The maximum atomic E-state index is 6.77. The van der Waals surface area contributed by atoms with Gasteiger partial charge in [0.05, 0.1) is 47.9 Å². The van der Waals surface area contributed by atoms with E-state index in [-0.39, 0.29) is 12.4 Å². The number of rotatable bonds is 3. The second-order valence-electron chi connectivity index (χ2n) is 8.51. The van der Waals surface area contributed by atoms with Crippen molar-refractivity contribution in [1.29, 1.82) is 0 Å². The Labute approximate surface area is 183 Å². The summed E-state index contributed by atoms with van der Waals surface area (Å²) in [6, 6.07) is 0. The molecule has 0 aromatic carbocycles. The lowest BCUT2D eigenvalue weighted by molar-refractivity contribution is -0.0481. The number of ether oxygens (including phenoxy) is 1. The number of hydrogen-bond acceptors (Lipinski definition) is 4. The molecule has 2 aliphatic carbocycles. The molecule has 158 valence electrons. The van der Waals surface area contributed by atoms with Gasteiger partial charge in [-0.3, -0.25) is 4.99 Å². The molecule has 4 aliphatic rings. The number of nitrogens with one attached hydrogen (secondary N) is 2. The highest BCUT2D eigenvalue weighted by Crippen LogP contribution is 2.37. The van der Waals surface area contributed by atoms with Gasteiger partial charge >= 0.3 is 0 Å². The first kappa shape index (κ1) is 21.0. The lowest BCUT2D eigenvalue weighted by atomic mass is 9.81. The van der Waals surface area contributed by atoms with E-state index in [4.69, 9.17) is 21.3 Å². The van der Waals surface area contributed by atoms with Gasteiger partial charge in [0.15, 0.2) is 0 Å². The molecule has 2 N–H and O–H groups in total. The lowest BCUT2D eigenvalue weighted by Crippen LogP contribution is -2.33. The molecule has 5 rings (SSSR count). The van der Waals surface area contributed by atoms with Crippen LogP contribution in [0.1, 0.15) is 69.0 Å². The Kier molecular flexibility index (Phi) is 6.67. The third-order valence-electron chi connectivity index (χ3n) is 6.71. The van der Waals surface area contributed by atoms with Crippen molar-refractivity contribution >= 4 is 35.8 Å². The molecule has 0 spiro atoms. The smallest absolute Gasteiger partial charge is 0.0888 e. The van der Waals surface area contributed by atoms with E-state index < -0.39 is 0 Å². The fraction of sp³-hybridized carbons (Fsp3) is 0.636. The summed E-state index contributed by atoms with van der Waals surface area (Å²) < 4.78 is 6.45. The highest BCUT2D eigenvalue weighted by Gasteiger charge is 2.29. The molecule has 3 heterocycles. The first-order valence-corrected chi connectivity index (χ1v) is 11.2. The summed E-state index contributed by atoms with van der Waals surface area (Å²) in [6.07, 6.45) is 15.9. The van der Waals surface area contributed by atoms with Crippen molar-refractivity contribution in [3.05, 3.63) is 33.1 Å². The fourth-order valence-electron chi connectivity index (χ4n) is 5.25. The first-order valence-electron chi connectivity index (χ1n) is 10.9. The highest BCUT2D eigenvalue weighted by atomic mass is 35.5. The predicted molar refractivity (Wildman–Crippen MR) is 119 cm³/mol. The van der Waals surface area contributed by atoms with E-state index in [1.165, 1.54) is 43.2 Å². The van der Waals surface area contributed by atoms with Crippen LogP contribution in [0, 0.1) is 5.92 Å². The van der Waals surface area contributed by atoms with Gasteiger partial charge in [-0.2, -0.15) is 5.10 Å². The lowest BCUT2D eigenvalue weighted by Gasteiger charge is -2.33. The number of halogens is 2. The second kappa shape index (κ2) is 9.23. The zero-order valence-electron chi connectivity index (χ0n) is 16.8. The van der Waals surface area contributed by atoms with Crippen molar-refractivity contribution in [2.24, 2.45) is 16.0 Å². The van der Waals surface area contributed by atoms with Crippen molar-refractivity contribution < 1.29 is 4.74 Å². The van der Waals surface area contributed by atoms with Crippen LogP contribution in [0.4, 0.5) is 0 Å². The Morgan fingerprint density at radius 1 is 1.00 bits per heavy atom. The van der Waals surface area contributed by atoms with Crippen LogP contribution < -0.4 is 16.1 Å². The maximum absolute atomic E-state index is 6.77. The minimum atomic E-state index is 0. The number of aromatic amines is 1. The van der Waals surface area contributed by atoms with Crippen LogP contribution in [0.25, 0.3) is 5.57 Å². The van der Waals surface area contributed by atoms with E-state index in [2.05, 4.69) is 21.6 Å². The normalized spacial score (nSPS) is 26.9. The van der Waals surface area contributed by atoms with E-state index in [9.17, 15) is 0 Å². The van der Waals surface area contributed by atoms with E-state index >= 15 is 0 Å². The molecule has 5 nitrogen and oxygen atoms in total. The molecule has 2 aliphatic heterocycles. The third kappa shape index (κ3) is 4.28. The number of aromatic nitrogens is 1. The quantitative estimate of drug-likeness (QED) is 0.758. The molecule has 0 radical (unpaired) electrons. The number of hydrazone groups is 1. The van der Waals surface area contributed by atoms with Gasteiger partial charge in [0, 0.05) is 10.6 Å². The second-order valence-corrected chi connectivity index (χ2v) is 8.92. The van der Waals surface area contributed by atoms with Crippen LogP contribution in [-0.4, -0.2) is 30.0 Å². The zero-order valence-corrected chi connectivity index (χ0v) is 18.3. The predicted octanol–water partition coefficient (Wildman–Crippen LogP) is 3.69. The van der Waals surface area contributed by atoms with Crippen molar-refractivity contribution in [3.8, 4) is 0 Å². The first-order chi connectivity index (χ1) is 13.8. The molecule has 1 aromatic heterocycles. The minimum Gasteiger partial charge on any atom is -0.375 e. The van der Waals surface area contributed by atoms with Crippen LogP contribution in [0.3, 0.4) is 0 Å². The maximum Gasteiger partial charge on any atom is 0.0888 e. The van der Waals surface area contributed by atoms with E-state index in [1.807, 2.05) is 6.21 Å². The Morgan fingerprint density at radius 2 is 1.76 bits per heavy atom. The minimum absolute atomic E-state index is 0. The van der Waals surface area contributed by atoms with Crippen molar-refractivity contribution in [2.75, 3.05) is 6.54 Å². The molecule has 0 unspecified atom stereocenters. The molecular weight excluding hydrogens is 407 g/mol. The fourth-order valence-corrected chi connectivity index (χ4v) is 5.57. The van der Waals surface area contributed by atoms with Gasteiger partial charge in [-0.25, -0.2) is 0 Å². The molecule has 0 bridgehead atoms. The summed E-state index contributed by atoms with van der Waals surface area (Å²) in [5, 5.41) is 7.22. The van der Waals surface area contributed by atoms with Gasteiger partial charge in [0.25, 0.3) is 0 Å². The number of fused-ring (bicyclic) bond motifs is 3. The van der Waals surface area contributed by atoms with Crippen LogP contribution in [0.2, 0.25) is 0 Å². The van der Waals surface area contributed by atoms with Gasteiger partial charge in [-0.1, -0.05) is 30.9 Å². The standard InChI is InChI=1S/C22H29ClN4O.ClH/c23-18-10-11-24-21-17-12-25-26-13-19(17)27-22(21)20(18)14-6-8-16(9-7-14)28-15-4-2-1-3-5-15;/h10,13-16,25,27H,1-9,11-12H2;1H. The summed E-state index contributed by atoms with van der Waals surface area (Å²) in [5.41, 5.74) is 6.57. The van der Waals surface area contributed by atoms with E-state index in [0.29, 0.717) is 31.2 Å². The molecule has 0 atom stereocenters. The van der Waals surface area contributed by atoms with Gasteiger partial charge < -0.3 is 15.1 Å². The van der Waals surface area contributed by atoms with Crippen LogP contribution in [0.15, 0.2) is 21.2 Å². The van der Waals surface area contributed by atoms with Crippen molar-refractivity contribution in [1.82, 2.24) is 10.4 Å². The largest absolute Gasteiger partial charge is 0.375 e. The van der Waals surface area contributed by atoms with Crippen LogP contribution in [0.5, 0.6) is 0 Å². The van der Waals surface area contributed by atoms with Crippen LogP contribution in [-0.2, 0) is 11.3 Å². The molecular formula is C22H30Cl2N4O. The Hall–Kier alpha value is -1.30. The summed E-state index contributed by atoms with van der Waals surface area (Å²) in [4.78, 5) is 8.38. The average Bonchev–Trinajstić information content (AvgIpc) is 3.00. The number of nitrogens with zero attached hydrogens (tertiary/aromatic N) is 2. The SMILES string of the molecule is Cl.ClC1=CCN=c2c3c([nH]c2=C1C1CCC(OC2CCCCC2)CC1)C=NNC3. The van der Waals surface area contributed by atoms with Crippen LogP contribution >= 0.6 is 24.0 Å². The Bertz CT molecular complexity index is 906. The summed E-state index contributed by atoms with van der Waals surface area (Å²) in [5.74, 6) is 0.465. The highest BCUT2D eigenvalue weighted by molar-refractivity contribution is 6.35. The monoisotopic (exact) mass is 436 g/mol. The topological polar surface area (TPSA) is 61.8 Å². The molecule has 2 fully saturated rings. The average molecular weight is 437 g/mol. The van der Waals surface area contributed by atoms with Gasteiger partial charge in [-0.15, -0.1) is 12.4 Å². The summed E-state index contributed by atoms with van der Waals surface area (Å²) >= 11 is 6.77. The molecule has 1 aromatic rings. The molecule has 0 amide bonds. The van der Waals surface area contributed by atoms with Crippen molar-refractivity contribution in [3.63, 3.8) is 0 Å². The van der Waals surface area contributed by atoms with E-state index in [1.54, 1.807) is 0 Å². The van der Waals surface area contributed by atoms with Gasteiger partial charge in [0.1, 0.15) is 0 Å². The molecule has 29 heavy (non-hydrogen) atoms. The van der Waals surface area contributed by atoms with Gasteiger partial charge in [0.2, 0.25) is 0 Å². The summed E-state index contributed by atoms with van der Waals surface area (Å²) in [7, 11) is 0. The number of hydrogen-bond donors (Lipinski definition) is 2. The van der Waals surface area contributed by atoms with Gasteiger partial charge in [-0.05, 0) is 56.1 Å². The number of allylic oxidation sites excluding steroid dienone is 1. The Morgan fingerprint density at radius 3 is 2.55 bits per heavy atom. The summed E-state index contributed by atoms with van der Waals surface area (Å²) in [6.45, 7) is 1.35. The molecule has 7 heteroatoms. The van der Waals surface area contributed by atoms with E-state index in [0.717, 1.165) is 47.1 Å². The van der Waals surface area contributed by atoms with Crippen molar-refractivity contribution in [2.45, 2.75) is 76.5 Å². The number of H-pyrrole nitrogens is 1. The molecule has 0 saturated heterocycles. The zero-order chi connectivity index (χ0) is 18.9. The Balaban J connectivity index is 0.00000205. The third-order valence-corrected chi connectivity index (χ3v) is 7.07.